The van der Waals surface area contributed by atoms with Crippen LogP contribution in [-0.2, 0) is 17.6 Å². The molecule has 0 aromatic heterocycles. The van der Waals surface area contributed by atoms with Crippen LogP contribution in [-0.4, -0.2) is 101 Å². The molecule has 2 unspecified atom stereocenters. The maximum absolute atomic E-state index is 14.7. The lowest BCUT2D eigenvalue weighted by molar-refractivity contribution is -0.140. The van der Waals surface area contributed by atoms with E-state index in [-0.39, 0.29) is 18.0 Å². The zero-order valence-electron chi connectivity index (χ0n) is 28.1. The standard InChI is InChI=1S/C37H50BrN5O4/c1-24-20-26(21-25(2)34(24)38)22-31(35(44)41-16-10-28(11-17-41)27-8-14-40(3)15-9-27)33-23-30(13-19-43(33)37(46)47)42-18-12-29-6-4-5-7-32(29)39-36(42)45/h4-7,20-21,27-28,30-31,33H,8-19,22-23H2,1-3H3,(H,39,45)(H,46,47)/t30?,31?,33-/m1/s1. The molecule has 3 fully saturated rings. The van der Waals surface area contributed by atoms with Gasteiger partial charge in [-0.15, -0.1) is 0 Å². The molecule has 2 N–H and O–H groups in total. The van der Waals surface area contributed by atoms with Crippen molar-refractivity contribution in [3.05, 3.63) is 63.1 Å². The van der Waals surface area contributed by atoms with E-state index in [0.29, 0.717) is 38.3 Å². The number of amides is 4. The Kier molecular flexibility index (Phi) is 10.5. The van der Waals surface area contributed by atoms with Crippen molar-refractivity contribution in [3.8, 4) is 0 Å². The van der Waals surface area contributed by atoms with Crippen molar-refractivity contribution in [3.63, 3.8) is 0 Å². The van der Waals surface area contributed by atoms with Gasteiger partial charge in [-0.1, -0.05) is 46.3 Å². The first-order valence-electron chi connectivity index (χ1n) is 17.5. The average Bonchev–Trinajstić information content (AvgIpc) is 3.24. The Morgan fingerprint density at radius 1 is 0.936 bits per heavy atom. The fraction of sp³-hybridized carbons (Fsp3) is 0.595. The van der Waals surface area contributed by atoms with E-state index < -0.39 is 18.1 Å². The zero-order valence-corrected chi connectivity index (χ0v) is 29.7. The molecule has 6 rings (SSSR count). The Morgan fingerprint density at radius 2 is 1.57 bits per heavy atom. The number of carbonyl (C=O) groups excluding carboxylic acids is 2. The lowest BCUT2D eigenvalue weighted by Gasteiger charge is -2.46. The van der Waals surface area contributed by atoms with Gasteiger partial charge in [0.25, 0.3) is 0 Å². The molecule has 47 heavy (non-hydrogen) atoms. The number of likely N-dealkylation sites (tertiary alicyclic amines) is 3. The van der Waals surface area contributed by atoms with Gasteiger partial charge in [0.2, 0.25) is 5.91 Å². The minimum absolute atomic E-state index is 0.0506. The van der Waals surface area contributed by atoms with Gasteiger partial charge >= 0.3 is 12.1 Å². The topological polar surface area (TPSA) is 96.4 Å². The van der Waals surface area contributed by atoms with E-state index in [1.807, 2.05) is 34.1 Å². The maximum Gasteiger partial charge on any atom is 0.407 e. The Bertz CT molecular complexity index is 1450. The van der Waals surface area contributed by atoms with Crippen LogP contribution in [0.15, 0.2) is 40.9 Å². The number of benzene rings is 2. The Labute approximate surface area is 287 Å². The van der Waals surface area contributed by atoms with Gasteiger partial charge in [-0.2, -0.15) is 0 Å². The summed E-state index contributed by atoms with van der Waals surface area (Å²) in [4.78, 5) is 48.8. The number of fused-ring (bicyclic) bond motifs is 1. The van der Waals surface area contributed by atoms with Crippen LogP contribution in [0.4, 0.5) is 15.3 Å². The highest BCUT2D eigenvalue weighted by atomic mass is 79.9. The fourth-order valence-electron chi connectivity index (χ4n) is 8.74. The number of hydrogen-bond acceptors (Lipinski definition) is 4. The summed E-state index contributed by atoms with van der Waals surface area (Å²) >= 11 is 3.69. The third-order valence-corrected chi connectivity index (χ3v) is 12.7. The van der Waals surface area contributed by atoms with Crippen LogP contribution in [0.1, 0.15) is 60.8 Å². The maximum atomic E-state index is 14.7. The van der Waals surface area contributed by atoms with Crippen LogP contribution in [0.25, 0.3) is 0 Å². The second kappa shape index (κ2) is 14.6. The van der Waals surface area contributed by atoms with Crippen molar-refractivity contribution in [1.82, 2.24) is 19.6 Å². The van der Waals surface area contributed by atoms with Gasteiger partial charge in [-0.3, -0.25) is 4.79 Å². The van der Waals surface area contributed by atoms with Gasteiger partial charge in [0.1, 0.15) is 0 Å². The van der Waals surface area contributed by atoms with E-state index in [2.05, 4.69) is 59.2 Å². The smallest absolute Gasteiger partial charge is 0.407 e. The van der Waals surface area contributed by atoms with E-state index in [0.717, 1.165) is 83.8 Å². The number of piperidine rings is 3. The van der Waals surface area contributed by atoms with Gasteiger partial charge in [0.05, 0.1) is 5.92 Å². The molecule has 0 saturated carbocycles. The fourth-order valence-corrected chi connectivity index (χ4v) is 8.97. The summed E-state index contributed by atoms with van der Waals surface area (Å²) in [5.74, 6) is 0.874. The molecular weight excluding hydrogens is 658 g/mol. The summed E-state index contributed by atoms with van der Waals surface area (Å²) in [6.45, 7) is 8.70. The van der Waals surface area contributed by atoms with Crippen molar-refractivity contribution in [1.29, 1.82) is 0 Å². The third-order valence-electron chi connectivity index (χ3n) is 11.5. The predicted molar refractivity (Wildman–Crippen MR) is 188 cm³/mol. The predicted octanol–water partition coefficient (Wildman–Crippen LogP) is 6.41. The highest BCUT2D eigenvalue weighted by molar-refractivity contribution is 9.10. The van der Waals surface area contributed by atoms with Crippen LogP contribution >= 0.6 is 15.9 Å². The zero-order chi connectivity index (χ0) is 33.2. The number of carboxylic acid groups (broad SMARTS) is 1. The largest absolute Gasteiger partial charge is 0.465 e. The van der Waals surface area contributed by atoms with Gasteiger partial charge in [0.15, 0.2) is 0 Å². The number of para-hydroxylation sites is 1. The first kappa shape index (κ1) is 33.8. The number of hydrogen-bond donors (Lipinski definition) is 2. The van der Waals surface area contributed by atoms with E-state index >= 15 is 0 Å². The molecule has 0 aliphatic carbocycles. The number of aryl methyl sites for hydroxylation is 2. The molecule has 0 radical (unpaired) electrons. The molecule has 0 spiro atoms. The molecule has 4 aliphatic rings. The lowest BCUT2D eigenvalue weighted by atomic mass is 9.78. The molecule has 10 heteroatoms. The third kappa shape index (κ3) is 7.48. The quantitative estimate of drug-likeness (QED) is 0.362. The van der Waals surface area contributed by atoms with Gasteiger partial charge in [-0.25, -0.2) is 9.59 Å². The van der Waals surface area contributed by atoms with Crippen LogP contribution in [0.3, 0.4) is 0 Å². The van der Waals surface area contributed by atoms with Crippen LogP contribution in [0.2, 0.25) is 0 Å². The van der Waals surface area contributed by atoms with Crippen molar-refractivity contribution in [2.75, 3.05) is 51.6 Å². The number of urea groups is 1. The second-order valence-electron chi connectivity index (χ2n) is 14.4. The van der Waals surface area contributed by atoms with E-state index in [1.165, 1.54) is 17.7 Å². The van der Waals surface area contributed by atoms with Crippen LogP contribution < -0.4 is 5.32 Å². The minimum atomic E-state index is -0.997. The monoisotopic (exact) mass is 707 g/mol. The van der Waals surface area contributed by atoms with Crippen LogP contribution in [0, 0.1) is 31.6 Å². The average molecular weight is 709 g/mol. The number of carbonyl (C=O) groups is 3. The second-order valence-corrected chi connectivity index (χ2v) is 15.2. The van der Waals surface area contributed by atoms with Gasteiger partial charge in [-0.05, 0) is 126 Å². The Balaban J connectivity index is 1.25. The van der Waals surface area contributed by atoms with Crippen molar-refractivity contribution >= 4 is 39.6 Å². The van der Waals surface area contributed by atoms with E-state index in [1.54, 1.807) is 0 Å². The van der Waals surface area contributed by atoms with E-state index in [9.17, 15) is 19.5 Å². The number of anilines is 1. The normalized spacial score (nSPS) is 24.0. The lowest BCUT2D eigenvalue weighted by Crippen LogP contribution is -2.59. The van der Waals surface area contributed by atoms with Crippen molar-refractivity contribution in [2.45, 2.75) is 77.3 Å². The summed E-state index contributed by atoms with van der Waals surface area (Å²) in [7, 11) is 2.19. The molecule has 0 bridgehead atoms. The summed E-state index contributed by atoms with van der Waals surface area (Å²) in [5.41, 5.74) is 5.17. The SMILES string of the molecule is Cc1cc(CC(C(=O)N2CCC(C3CCN(C)CC3)CC2)[C@H]2CC(N3CCc4ccccc4NC3=O)CCN2C(=O)O)cc(C)c1Br. The highest BCUT2D eigenvalue weighted by Gasteiger charge is 2.44. The summed E-state index contributed by atoms with van der Waals surface area (Å²) < 4.78 is 1.05. The molecule has 3 atom stereocenters. The van der Waals surface area contributed by atoms with Crippen LogP contribution in [0.5, 0.6) is 0 Å². The molecule has 4 heterocycles. The summed E-state index contributed by atoms with van der Waals surface area (Å²) in [6, 6.07) is 11.3. The molecule has 2 aromatic rings. The first-order valence-corrected chi connectivity index (χ1v) is 18.3. The molecule has 2 aromatic carbocycles. The Morgan fingerprint density at radius 3 is 2.23 bits per heavy atom. The van der Waals surface area contributed by atoms with E-state index in [4.69, 9.17) is 0 Å². The molecule has 3 saturated heterocycles. The summed E-state index contributed by atoms with van der Waals surface area (Å²) in [5, 5.41) is 13.5. The molecule has 254 valence electrons. The molecule has 4 amide bonds. The number of nitrogens with zero attached hydrogens (tertiary/aromatic N) is 4. The number of nitrogens with one attached hydrogen (secondary N) is 1. The Hall–Kier alpha value is -3.11. The highest BCUT2D eigenvalue weighted by Crippen LogP contribution is 2.36. The number of rotatable bonds is 6. The van der Waals surface area contributed by atoms with Crippen molar-refractivity contribution in [2.24, 2.45) is 17.8 Å². The van der Waals surface area contributed by atoms with Crippen molar-refractivity contribution < 1.29 is 19.5 Å². The molecule has 9 nitrogen and oxygen atoms in total. The van der Waals surface area contributed by atoms with Gasteiger partial charge in [0, 0.05) is 48.4 Å². The summed E-state index contributed by atoms with van der Waals surface area (Å²) in [6.07, 6.45) is 5.65. The molecule has 4 aliphatic heterocycles. The number of halogens is 1. The first-order chi connectivity index (χ1) is 22.6. The molecular formula is C37H50BrN5O4. The van der Waals surface area contributed by atoms with Gasteiger partial charge < -0.3 is 30.0 Å². The minimum Gasteiger partial charge on any atom is -0.465 e.